The summed E-state index contributed by atoms with van der Waals surface area (Å²) in [7, 11) is 1.71. The highest BCUT2D eigenvalue weighted by Crippen LogP contribution is 2.24. The SMILES string of the molecule is C#CCOc1ccnc(C(=O)N(C)c2ccccc2)c1I. The molecule has 0 atom stereocenters. The summed E-state index contributed by atoms with van der Waals surface area (Å²) in [5.41, 5.74) is 1.14. The maximum absolute atomic E-state index is 12.6. The minimum atomic E-state index is -0.197. The van der Waals surface area contributed by atoms with Gasteiger partial charge in [-0.25, -0.2) is 4.98 Å². The van der Waals surface area contributed by atoms with Gasteiger partial charge in [0.05, 0.1) is 3.57 Å². The van der Waals surface area contributed by atoms with Crippen molar-refractivity contribution in [3.05, 3.63) is 51.9 Å². The van der Waals surface area contributed by atoms with E-state index in [1.807, 2.05) is 52.9 Å². The molecule has 0 saturated carbocycles. The highest BCUT2D eigenvalue weighted by molar-refractivity contribution is 14.1. The van der Waals surface area contributed by atoms with Gasteiger partial charge < -0.3 is 9.64 Å². The number of amides is 1. The van der Waals surface area contributed by atoms with Crippen LogP contribution in [0.15, 0.2) is 42.6 Å². The fraction of sp³-hybridized carbons (Fsp3) is 0.125. The standard InChI is InChI=1S/C16H13IN2O2/c1-3-11-21-13-9-10-18-15(14(13)17)16(20)19(2)12-7-5-4-6-8-12/h1,4-10H,11H2,2H3. The van der Waals surface area contributed by atoms with Crippen LogP contribution in [0, 0.1) is 15.9 Å². The summed E-state index contributed by atoms with van der Waals surface area (Å²) in [6.45, 7) is 0.155. The summed E-state index contributed by atoms with van der Waals surface area (Å²) in [5, 5.41) is 0. The molecule has 0 saturated heterocycles. The Kier molecular flexibility index (Phi) is 5.17. The number of pyridine rings is 1. The lowest BCUT2D eigenvalue weighted by atomic mass is 10.2. The molecule has 0 N–H and O–H groups in total. The van der Waals surface area contributed by atoms with Gasteiger partial charge >= 0.3 is 0 Å². The summed E-state index contributed by atoms with van der Waals surface area (Å²) in [6, 6.07) is 11.1. The number of nitrogens with zero attached hydrogens (tertiary/aromatic N) is 2. The van der Waals surface area contributed by atoms with Gasteiger partial charge in [-0.2, -0.15) is 0 Å². The number of hydrogen-bond acceptors (Lipinski definition) is 3. The van der Waals surface area contributed by atoms with Crippen LogP contribution in [0.1, 0.15) is 10.5 Å². The van der Waals surface area contributed by atoms with Crippen LogP contribution in [0.3, 0.4) is 0 Å². The molecule has 21 heavy (non-hydrogen) atoms. The minimum Gasteiger partial charge on any atom is -0.480 e. The van der Waals surface area contributed by atoms with Crippen molar-refractivity contribution < 1.29 is 9.53 Å². The molecule has 1 aromatic heterocycles. The van der Waals surface area contributed by atoms with E-state index >= 15 is 0 Å². The van der Waals surface area contributed by atoms with Gasteiger partial charge in [-0.3, -0.25) is 4.79 Å². The lowest BCUT2D eigenvalue weighted by Gasteiger charge is -2.18. The maximum Gasteiger partial charge on any atom is 0.277 e. The molecular formula is C16H13IN2O2. The van der Waals surface area contributed by atoms with Crippen LogP contribution in [-0.2, 0) is 0 Å². The molecule has 1 amide bonds. The van der Waals surface area contributed by atoms with Crippen LogP contribution < -0.4 is 9.64 Å². The number of rotatable bonds is 4. The van der Waals surface area contributed by atoms with Gasteiger partial charge in [0.25, 0.3) is 5.91 Å². The average Bonchev–Trinajstić information content (AvgIpc) is 2.53. The molecule has 0 aliphatic heterocycles. The molecule has 0 radical (unpaired) electrons. The minimum absolute atomic E-state index is 0.155. The van der Waals surface area contributed by atoms with Crippen LogP contribution in [0.5, 0.6) is 5.75 Å². The Morgan fingerprint density at radius 2 is 2.10 bits per heavy atom. The smallest absolute Gasteiger partial charge is 0.277 e. The maximum atomic E-state index is 12.6. The number of para-hydroxylation sites is 1. The molecule has 2 rings (SSSR count). The van der Waals surface area contributed by atoms with E-state index in [0.29, 0.717) is 15.0 Å². The van der Waals surface area contributed by atoms with E-state index in [9.17, 15) is 4.79 Å². The van der Waals surface area contributed by atoms with E-state index in [1.165, 1.54) is 0 Å². The number of terminal acetylenes is 1. The molecule has 0 bridgehead atoms. The fourth-order valence-electron chi connectivity index (χ4n) is 1.73. The van der Waals surface area contributed by atoms with E-state index in [0.717, 1.165) is 5.69 Å². The Hall–Kier alpha value is -2.07. The lowest BCUT2D eigenvalue weighted by Crippen LogP contribution is -2.28. The third-order valence-electron chi connectivity index (χ3n) is 2.82. The van der Waals surface area contributed by atoms with Crippen molar-refractivity contribution in [3.8, 4) is 18.1 Å². The topological polar surface area (TPSA) is 42.4 Å². The first-order valence-corrected chi connectivity index (χ1v) is 7.27. The number of aromatic nitrogens is 1. The summed E-state index contributed by atoms with van der Waals surface area (Å²) < 4.78 is 6.06. The Labute approximate surface area is 137 Å². The number of hydrogen-bond donors (Lipinski definition) is 0. The predicted molar refractivity (Wildman–Crippen MR) is 90.5 cm³/mol. The molecule has 0 aliphatic carbocycles. The number of benzene rings is 1. The molecule has 1 aromatic carbocycles. The van der Waals surface area contributed by atoms with Crippen molar-refractivity contribution in [1.82, 2.24) is 4.98 Å². The molecule has 0 aliphatic rings. The molecule has 5 heteroatoms. The van der Waals surface area contributed by atoms with Gasteiger partial charge in [0, 0.05) is 18.9 Å². The quantitative estimate of drug-likeness (QED) is 0.594. The second kappa shape index (κ2) is 7.09. The number of carbonyl (C=O) groups is 1. The zero-order valence-electron chi connectivity index (χ0n) is 11.4. The van der Waals surface area contributed by atoms with Gasteiger partial charge in [-0.05, 0) is 40.8 Å². The van der Waals surface area contributed by atoms with Gasteiger partial charge in [-0.1, -0.05) is 24.1 Å². The molecule has 4 nitrogen and oxygen atoms in total. The second-order valence-corrected chi connectivity index (χ2v) is 5.24. The van der Waals surface area contributed by atoms with E-state index in [1.54, 1.807) is 24.2 Å². The van der Waals surface area contributed by atoms with E-state index < -0.39 is 0 Å². The lowest BCUT2D eigenvalue weighted by molar-refractivity contribution is 0.0987. The molecule has 2 aromatic rings. The van der Waals surface area contributed by atoms with Crippen molar-refractivity contribution in [2.45, 2.75) is 0 Å². The summed E-state index contributed by atoms with van der Waals surface area (Å²) in [5.74, 6) is 2.77. The Bertz CT molecular complexity index is 680. The summed E-state index contributed by atoms with van der Waals surface area (Å²) >= 11 is 2.04. The third-order valence-corrected chi connectivity index (χ3v) is 3.86. The Morgan fingerprint density at radius 3 is 2.76 bits per heavy atom. The fourth-order valence-corrected chi connectivity index (χ4v) is 2.44. The third kappa shape index (κ3) is 3.52. The molecule has 0 unspecified atom stereocenters. The summed E-state index contributed by atoms with van der Waals surface area (Å²) in [6.07, 6.45) is 6.72. The normalized spacial score (nSPS) is 9.76. The Balaban J connectivity index is 2.29. The van der Waals surface area contributed by atoms with Gasteiger partial charge in [0.1, 0.15) is 18.1 Å². The van der Waals surface area contributed by atoms with Crippen LogP contribution in [-0.4, -0.2) is 24.5 Å². The highest BCUT2D eigenvalue weighted by atomic mass is 127. The van der Waals surface area contributed by atoms with Crippen LogP contribution in [0.4, 0.5) is 5.69 Å². The van der Waals surface area contributed by atoms with Crippen LogP contribution in [0.25, 0.3) is 0 Å². The second-order valence-electron chi connectivity index (χ2n) is 4.16. The zero-order chi connectivity index (χ0) is 15.2. The van der Waals surface area contributed by atoms with Gasteiger partial charge in [0.15, 0.2) is 0 Å². The Morgan fingerprint density at radius 1 is 1.38 bits per heavy atom. The van der Waals surface area contributed by atoms with E-state index in [2.05, 4.69) is 10.9 Å². The number of anilines is 1. The molecule has 106 valence electrons. The van der Waals surface area contributed by atoms with Crippen molar-refractivity contribution in [2.75, 3.05) is 18.6 Å². The van der Waals surface area contributed by atoms with Crippen molar-refractivity contribution in [3.63, 3.8) is 0 Å². The largest absolute Gasteiger partial charge is 0.480 e. The molecular weight excluding hydrogens is 379 g/mol. The van der Waals surface area contributed by atoms with E-state index in [-0.39, 0.29) is 12.5 Å². The molecule has 0 fully saturated rings. The summed E-state index contributed by atoms with van der Waals surface area (Å²) in [4.78, 5) is 18.3. The van der Waals surface area contributed by atoms with Crippen molar-refractivity contribution >= 4 is 34.2 Å². The highest BCUT2D eigenvalue weighted by Gasteiger charge is 2.20. The van der Waals surface area contributed by atoms with Gasteiger partial charge in [-0.15, -0.1) is 6.42 Å². The van der Waals surface area contributed by atoms with Crippen molar-refractivity contribution in [2.24, 2.45) is 0 Å². The average molecular weight is 392 g/mol. The van der Waals surface area contributed by atoms with E-state index in [4.69, 9.17) is 11.2 Å². The molecule has 1 heterocycles. The number of carbonyl (C=O) groups excluding carboxylic acids is 1. The molecule has 0 spiro atoms. The first-order valence-electron chi connectivity index (χ1n) is 6.19. The first-order chi connectivity index (χ1) is 10.1. The predicted octanol–water partition coefficient (Wildman–Crippen LogP) is 2.97. The van der Waals surface area contributed by atoms with Crippen molar-refractivity contribution in [1.29, 1.82) is 0 Å². The van der Waals surface area contributed by atoms with Crippen LogP contribution in [0.2, 0.25) is 0 Å². The van der Waals surface area contributed by atoms with Crippen LogP contribution >= 0.6 is 22.6 Å². The van der Waals surface area contributed by atoms with Gasteiger partial charge in [0.2, 0.25) is 0 Å². The number of ether oxygens (including phenoxy) is 1. The first kappa shape index (κ1) is 15.3. The zero-order valence-corrected chi connectivity index (χ0v) is 13.6. The number of halogens is 1. The monoisotopic (exact) mass is 392 g/mol.